The molecule has 1 amide bonds. The van der Waals surface area contributed by atoms with Gasteiger partial charge in [0.25, 0.3) is 0 Å². The van der Waals surface area contributed by atoms with Crippen molar-refractivity contribution in [3.63, 3.8) is 0 Å². The zero-order chi connectivity index (χ0) is 16.4. The van der Waals surface area contributed by atoms with Gasteiger partial charge in [0, 0.05) is 31.3 Å². The highest BCUT2D eigenvalue weighted by molar-refractivity contribution is 7.15. The second-order valence-electron chi connectivity index (χ2n) is 5.74. The van der Waals surface area contributed by atoms with Crippen LogP contribution >= 0.6 is 11.3 Å². The molecule has 0 spiro atoms. The van der Waals surface area contributed by atoms with Crippen LogP contribution in [0.1, 0.15) is 35.4 Å². The second kappa shape index (κ2) is 6.58. The molecule has 0 fully saturated rings. The molecule has 2 heterocycles. The van der Waals surface area contributed by atoms with Crippen LogP contribution in [0.4, 0.5) is 5.13 Å². The maximum absolute atomic E-state index is 12.1. The van der Waals surface area contributed by atoms with Gasteiger partial charge in [-0.25, -0.2) is 4.98 Å². The fourth-order valence-electron chi connectivity index (χ4n) is 2.73. The Kier molecular flexibility index (Phi) is 4.52. The van der Waals surface area contributed by atoms with Crippen LogP contribution in [0.3, 0.4) is 0 Å². The molecule has 122 valence electrons. The van der Waals surface area contributed by atoms with Crippen molar-refractivity contribution in [1.82, 2.24) is 10.3 Å². The summed E-state index contributed by atoms with van der Waals surface area (Å²) in [5.41, 5.74) is 2.07. The average Bonchev–Trinajstić information content (AvgIpc) is 2.89. The van der Waals surface area contributed by atoms with Crippen LogP contribution in [0, 0.1) is 0 Å². The fourth-order valence-corrected chi connectivity index (χ4v) is 3.86. The Morgan fingerprint density at radius 2 is 2.26 bits per heavy atom. The first-order valence-corrected chi connectivity index (χ1v) is 8.56. The van der Waals surface area contributed by atoms with Crippen molar-refractivity contribution in [3.05, 3.63) is 40.4 Å². The van der Waals surface area contributed by atoms with Crippen molar-refractivity contribution >= 4 is 22.4 Å². The molecule has 1 aliphatic rings. The van der Waals surface area contributed by atoms with E-state index in [1.54, 1.807) is 11.3 Å². The summed E-state index contributed by atoms with van der Waals surface area (Å²) in [5.74, 6) is 0.932. The molecule has 1 N–H and O–H groups in total. The van der Waals surface area contributed by atoms with Gasteiger partial charge in [0.1, 0.15) is 5.75 Å². The van der Waals surface area contributed by atoms with Gasteiger partial charge in [-0.05, 0) is 24.6 Å². The number of hydrogen-bond donors (Lipinski definition) is 1. The van der Waals surface area contributed by atoms with Crippen molar-refractivity contribution in [2.24, 2.45) is 0 Å². The van der Waals surface area contributed by atoms with Crippen molar-refractivity contribution in [2.45, 2.75) is 25.8 Å². The zero-order valence-corrected chi connectivity index (χ0v) is 14.4. The summed E-state index contributed by atoms with van der Waals surface area (Å²) < 4.78 is 5.61. The van der Waals surface area contributed by atoms with Crippen LogP contribution in [0.25, 0.3) is 0 Å². The van der Waals surface area contributed by atoms with Gasteiger partial charge in [0.05, 0.1) is 18.8 Å². The van der Waals surface area contributed by atoms with Crippen LogP contribution in [-0.2, 0) is 11.3 Å². The number of benzene rings is 1. The predicted octanol–water partition coefficient (Wildman–Crippen LogP) is 2.76. The van der Waals surface area contributed by atoms with Gasteiger partial charge in [0.15, 0.2) is 5.13 Å². The number of thiazole rings is 1. The van der Waals surface area contributed by atoms with Crippen molar-refractivity contribution < 1.29 is 9.53 Å². The van der Waals surface area contributed by atoms with Crippen LogP contribution in [0.5, 0.6) is 5.75 Å². The first kappa shape index (κ1) is 15.8. The molecule has 5 nitrogen and oxygen atoms in total. The maximum atomic E-state index is 12.1. The quantitative estimate of drug-likeness (QED) is 0.936. The smallest absolute Gasteiger partial charge is 0.221 e. The molecule has 2 aromatic rings. The summed E-state index contributed by atoms with van der Waals surface area (Å²) in [6.07, 6.45) is 0.442. The van der Waals surface area contributed by atoms with Crippen molar-refractivity contribution in [2.75, 3.05) is 25.6 Å². The SMILES string of the molecule is CCOc1cccc(C2CC(=O)NCc3nc(N(C)C)sc32)c1. The normalized spacial score (nSPS) is 17.2. The maximum Gasteiger partial charge on any atom is 0.221 e. The van der Waals surface area contributed by atoms with Gasteiger partial charge in [-0.1, -0.05) is 12.1 Å². The second-order valence-corrected chi connectivity index (χ2v) is 6.75. The number of nitrogens with zero attached hydrogens (tertiary/aromatic N) is 2. The monoisotopic (exact) mass is 331 g/mol. The number of carbonyl (C=O) groups is 1. The highest BCUT2D eigenvalue weighted by Gasteiger charge is 2.28. The number of nitrogens with one attached hydrogen (secondary N) is 1. The number of ether oxygens (including phenoxy) is 1. The predicted molar refractivity (Wildman–Crippen MR) is 92.4 cm³/mol. The fraction of sp³-hybridized carbons (Fsp3) is 0.412. The summed E-state index contributed by atoms with van der Waals surface area (Å²) in [6, 6.07) is 8.02. The summed E-state index contributed by atoms with van der Waals surface area (Å²) in [5, 5.41) is 3.92. The molecule has 1 aromatic heterocycles. The third-order valence-corrected chi connectivity index (χ3v) is 5.21. The van der Waals surface area contributed by atoms with Gasteiger partial charge in [-0.2, -0.15) is 0 Å². The van der Waals surface area contributed by atoms with E-state index in [1.165, 1.54) is 4.88 Å². The molecule has 1 aliphatic heterocycles. The first-order valence-electron chi connectivity index (χ1n) is 7.75. The van der Waals surface area contributed by atoms with Gasteiger partial charge >= 0.3 is 0 Å². The molecule has 0 bridgehead atoms. The van der Waals surface area contributed by atoms with E-state index in [0.717, 1.165) is 22.1 Å². The van der Waals surface area contributed by atoms with E-state index in [4.69, 9.17) is 4.74 Å². The third kappa shape index (κ3) is 3.32. The highest BCUT2D eigenvalue weighted by atomic mass is 32.1. The Morgan fingerprint density at radius 1 is 1.43 bits per heavy atom. The van der Waals surface area contributed by atoms with Crippen LogP contribution < -0.4 is 15.0 Å². The lowest BCUT2D eigenvalue weighted by Gasteiger charge is -2.15. The molecule has 0 aliphatic carbocycles. The zero-order valence-electron chi connectivity index (χ0n) is 13.6. The van der Waals surface area contributed by atoms with E-state index in [1.807, 2.05) is 44.1 Å². The highest BCUT2D eigenvalue weighted by Crippen LogP contribution is 2.39. The van der Waals surface area contributed by atoms with E-state index in [2.05, 4.69) is 16.4 Å². The molecule has 6 heteroatoms. The van der Waals surface area contributed by atoms with E-state index in [0.29, 0.717) is 19.6 Å². The number of fused-ring (bicyclic) bond motifs is 1. The number of rotatable bonds is 4. The molecule has 0 saturated heterocycles. The standard InChI is InChI=1S/C17H21N3O2S/c1-4-22-12-7-5-6-11(8-12)13-9-15(21)18-10-14-16(13)23-17(19-14)20(2)3/h5-8,13H,4,9-10H2,1-3H3,(H,18,21). The molecule has 23 heavy (non-hydrogen) atoms. The molecule has 1 atom stereocenters. The minimum atomic E-state index is 0.0270. The summed E-state index contributed by atoms with van der Waals surface area (Å²) in [6.45, 7) is 3.10. The Labute approximate surface area is 140 Å². The Hall–Kier alpha value is -2.08. The van der Waals surface area contributed by atoms with Crippen molar-refractivity contribution in [1.29, 1.82) is 0 Å². The lowest BCUT2D eigenvalue weighted by atomic mass is 9.93. The van der Waals surface area contributed by atoms with Gasteiger partial charge < -0.3 is 15.0 Å². The van der Waals surface area contributed by atoms with Gasteiger partial charge in [0.2, 0.25) is 5.91 Å². The van der Waals surface area contributed by atoms with E-state index < -0.39 is 0 Å². The Balaban J connectivity index is 2.03. The molecular formula is C17H21N3O2S. The van der Waals surface area contributed by atoms with E-state index >= 15 is 0 Å². The lowest BCUT2D eigenvalue weighted by Crippen LogP contribution is -2.21. The molecular weight excluding hydrogens is 310 g/mol. The molecule has 3 rings (SSSR count). The number of aromatic nitrogens is 1. The largest absolute Gasteiger partial charge is 0.494 e. The van der Waals surface area contributed by atoms with Crippen LogP contribution in [0.15, 0.2) is 24.3 Å². The number of hydrogen-bond acceptors (Lipinski definition) is 5. The molecule has 1 unspecified atom stereocenters. The minimum absolute atomic E-state index is 0.0270. The minimum Gasteiger partial charge on any atom is -0.494 e. The molecule has 0 saturated carbocycles. The lowest BCUT2D eigenvalue weighted by molar-refractivity contribution is -0.121. The van der Waals surface area contributed by atoms with Crippen molar-refractivity contribution in [3.8, 4) is 5.75 Å². The number of anilines is 1. The third-order valence-electron chi connectivity index (χ3n) is 3.83. The van der Waals surface area contributed by atoms with Gasteiger partial charge in [-0.3, -0.25) is 4.79 Å². The van der Waals surface area contributed by atoms with E-state index in [-0.39, 0.29) is 11.8 Å². The van der Waals surface area contributed by atoms with E-state index in [9.17, 15) is 4.79 Å². The van der Waals surface area contributed by atoms with Crippen LogP contribution in [0.2, 0.25) is 0 Å². The molecule has 0 radical (unpaired) electrons. The molecule has 1 aromatic carbocycles. The topological polar surface area (TPSA) is 54.5 Å². The Bertz CT molecular complexity index is 712. The first-order chi connectivity index (χ1) is 11.1. The summed E-state index contributed by atoms with van der Waals surface area (Å²) >= 11 is 1.66. The number of carbonyl (C=O) groups excluding carboxylic acids is 1. The van der Waals surface area contributed by atoms with Gasteiger partial charge in [-0.15, -0.1) is 11.3 Å². The number of amides is 1. The van der Waals surface area contributed by atoms with Crippen LogP contribution in [-0.4, -0.2) is 31.6 Å². The Morgan fingerprint density at radius 3 is 3.00 bits per heavy atom. The summed E-state index contributed by atoms with van der Waals surface area (Å²) in [4.78, 5) is 19.9. The summed E-state index contributed by atoms with van der Waals surface area (Å²) in [7, 11) is 3.98. The average molecular weight is 331 g/mol.